The molecule has 1 aliphatic rings. The molecule has 0 fully saturated rings. The lowest BCUT2D eigenvalue weighted by Crippen LogP contribution is -2.05. The van der Waals surface area contributed by atoms with Gasteiger partial charge >= 0.3 is 0 Å². The number of fused-ring (bicyclic) bond motifs is 4. The lowest BCUT2D eigenvalue weighted by molar-refractivity contribution is 0.806. The van der Waals surface area contributed by atoms with Crippen molar-refractivity contribution in [3.8, 4) is 33.8 Å². The molecule has 0 amide bonds. The molecule has 228 valence electrons. The Morgan fingerprint density at radius 1 is 0.646 bits per heavy atom. The Morgan fingerprint density at radius 2 is 1.35 bits per heavy atom. The second kappa shape index (κ2) is 12.9. The van der Waals surface area contributed by atoms with Gasteiger partial charge in [0.2, 0.25) is 0 Å². The van der Waals surface area contributed by atoms with Gasteiger partial charge in [0.05, 0.1) is 11.4 Å². The average Bonchev–Trinajstić information content (AvgIpc) is 3.16. The Kier molecular flexibility index (Phi) is 7.85. The van der Waals surface area contributed by atoms with Crippen LogP contribution in [-0.2, 0) is 0 Å². The molecule has 8 rings (SSSR count). The van der Waals surface area contributed by atoms with Gasteiger partial charge in [0.15, 0.2) is 5.82 Å². The SMILES string of the molecule is C=C/C=N\C=C\C1=CC(c2cc(-c3ccc(-c4cccc5ccccc45)cc3)nc(-c3cc4ccccc4c4ccccc34)n2)CC=C1. The van der Waals surface area contributed by atoms with Crippen LogP contribution in [0.4, 0.5) is 0 Å². The zero-order valence-corrected chi connectivity index (χ0v) is 26.5. The third kappa shape index (κ3) is 5.67. The topological polar surface area (TPSA) is 38.1 Å². The predicted octanol–water partition coefficient (Wildman–Crippen LogP) is 11.7. The van der Waals surface area contributed by atoms with E-state index >= 15 is 0 Å². The zero-order chi connectivity index (χ0) is 32.3. The minimum Gasteiger partial charge on any atom is -0.265 e. The van der Waals surface area contributed by atoms with Gasteiger partial charge in [-0.2, -0.15) is 0 Å². The molecule has 7 aromatic rings. The quantitative estimate of drug-likeness (QED) is 0.132. The molecule has 0 bridgehead atoms. The van der Waals surface area contributed by atoms with Gasteiger partial charge in [-0.25, -0.2) is 9.97 Å². The van der Waals surface area contributed by atoms with E-state index in [0.717, 1.165) is 45.7 Å². The van der Waals surface area contributed by atoms with Crippen molar-refractivity contribution >= 4 is 38.5 Å². The summed E-state index contributed by atoms with van der Waals surface area (Å²) in [6.45, 7) is 3.70. The van der Waals surface area contributed by atoms with Gasteiger partial charge in [-0.1, -0.05) is 146 Å². The van der Waals surface area contributed by atoms with Crippen LogP contribution in [0.25, 0.3) is 66.1 Å². The highest BCUT2D eigenvalue weighted by Crippen LogP contribution is 2.37. The van der Waals surface area contributed by atoms with Gasteiger partial charge in [-0.3, -0.25) is 4.99 Å². The molecule has 3 nitrogen and oxygen atoms in total. The van der Waals surface area contributed by atoms with Gasteiger partial charge < -0.3 is 0 Å². The van der Waals surface area contributed by atoms with Crippen LogP contribution in [-0.4, -0.2) is 16.2 Å². The lowest BCUT2D eigenvalue weighted by Gasteiger charge is -2.18. The number of benzene rings is 6. The minimum atomic E-state index is 0.0974. The first-order chi connectivity index (χ1) is 23.7. The number of nitrogens with zero attached hydrogens (tertiary/aromatic N) is 3. The minimum absolute atomic E-state index is 0.0974. The summed E-state index contributed by atoms with van der Waals surface area (Å²) in [6.07, 6.45) is 14.7. The van der Waals surface area contributed by atoms with Crippen LogP contribution in [0.15, 0.2) is 181 Å². The molecular weight excluding hydrogens is 583 g/mol. The Bertz CT molecular complexity index is 2440. The Balaban J connectivity index is 1.27. The van der Waals surface area contributed by atoms with E-state index in [4.69, 9.17) is 9.97 Å². The maximum absolute atomic E-state index is 5.30. The highest BCUT2D eigenvalue weighted by Gasteiger charge is 2.19. The standard InChI is InChI=1S/C45H33N3/c1-2-26-46-27-25-31-11-9-15-36(28-31)44-30-43(34-23-21-33(22-24-34)38-20-10-14-32-12-3-5-16-37(32)38)47-45(48-44)42-29-35-13-4-6-17-39(35)40-18-7-8-19-41(40)42/h2-14,16-30,36H,1,15H2/b27-25+,46-26-. The number of aromatic nitrogens is 2. The smallest absolute Gasteiger partial charge is 0.160 e. The average molecular weight is 616 g/mol. The summed E-state index contributed by atoms with van der Waals surface area (Å²) in [5.74, 6) is 0.832. The van der Waals surface area contributed by atoms with Crippen LogP contribution in [0.5, 0.6) is 0 Å². The molecule has 1 heterocycles. The van der Waals surface area contributed by atoms with E-state index in [9.17, 15) is 0 Å². The number of rotatable bonds is 7. The van der Waals surface area contributed by atoms with Crippen molar-refractivity contribution in [3.63, 3.8) is 0 Å². The summed E-state index contributed by atoms with van der Waals surface area (Å²) in [7, 11) is 0. The molecular formula is C45H33N3. The van der Waals surface area contributed by atoms with E-state index in [1.165, 1.54) is 38.1 Å². The second-order valence-electron chi connectivity index (χ2n) is 12.1. The lowest BCUT2D eigenvalue weighted by atomic mass is 9.91. The van der Waals surface area contributed by atoms with Crippen LogP contribution < -0.4 is 0 Å². The molecule has 1 atom stereocenters. The van der Waals surface area contributed by atoms with Crippen molar-refractivity contribution in [2.24, 2.45) is 4.99 Å². The third-order valence-corrected chi connectivity index (χ3v) is 9.05. The maximum Gasteiger partial charge on any atom is 0.160 e. The van der Waals surface area contributed by atoms with E-state index in [-0.39, 0.29) is 5.92 Å². The maximum atomic E-state index is 5.30. The van der Waals surface area contributed by atoms with E-state index < -0.39 is 0 Å². The van der Waals surface area contributed by atoms with Crippen molar-refractivity contribution in [1.29, 1.82) is 0 Å². The zero-order valence-electron chi connectivity index (χ0n) is 26.5. The monoisotopic (exact) mass is 615 g/mol. The molecule has 1 aromatic heterocycles. The largest absolute Gasteiger partial charge is 0.265 e. The van der Waals surface area contributed by atoms with Gasteiger partial charge in [0, 0.05) is 29.5 Å². The number of hydrogen-bond acceptors (Lipinski definition) is 3. The highest BCUT2D eigenvalue weighted by molar-refractivity contribution is 6.13. The first kappa shape index (κ1) is 29.2. The van der Waals surface area contributed by atoms with E-state index in [0.29, 0.717) is 0 Å². The molecule has 0 saturated heterocycles. The summed E-state index contributed by atoms with van der Waals surface area (Å²) in [4.78, 5) is 14.8. The highest BCUT2D eigenvalue weighted by atomic mass is 14.9. The molecule has 1 unspecified atom stereocenters. The molecule has 6 aromatic carbocycles. The van der Waals surface area contributed by atoms with Crippen molar-refractivity contribution in [2.45, 2.75) is 12.3 Å². The van der Waals surface area contributed by atoms with Crippen LogP contribution in [0.1, 0.15) is 18.0 Å². The van der Waals surface area contributed by atoms with Gasteiger partial charge in [-0.05, 0) is 73.6 Å². The fraction of sp³-hybridized carbons (Fsp3) is 0.0444. The summed E-state index contributed by atoms with van der Waals surface area (Å²) in [6, 6.07) is 45.4. The fourth-order valence-corrected chi connectivity index (χ4v) is 6.72. The molecule has 0 aliphatic heterocycles. The number of allylic oxidation sites excluding steroid dienone is 6. The first-order valence-corrected chi connectivity index (χ1v) is 16.3. The molecule has 0 spiro atoms. The van der Waals surface area contributed by atoms with Crippen LogP contribution in [0, 0.1) is 0 Å². The van der Waals surface area contributed by atoms with Crippen molar-refractivity contribution in [2.75, 3.05) is 0 Å². The van der Waals surface area contributed by atoms with Crippen LogP contribution in [0.3, 0.4) is 0 Å². The first-order valence-electron chi connectivity index (χ1n) is 16.3. The van der Waals surface area contributed by atoms with Crippen molar-refractivity contribution in [3.05, 3.63) is 182 Å². The molecule has 3 heteroatoms. The van der Waals surface area contributed by atoms with Crippen LogP contribution >= 0.6 is 0 Å². The summed E-state index contributed by atoms with van der Waals surface area (Å²) >= 11 is 0. The molecule has 0 N–H and O–H groups in total. The fourth-order valence-electron chi connectivity index (χ4n) is 6.72. The van der Waals surface area contributed by atoms with Crippen molar-refractivity contribution < 1.29 is 0 Å². The Morgan fingerprint density at radius 3 is 2.19 bits per heavy atom. The van der Waals surface area contributed by atoms with E-state index in [1.54, 1.807) is 18.5 Å². The summed E-state index contributed by atoms with van der Waals surface area (Å²) in [5.41, 5.74) is 7.51. The van der Waals surface area contributed by atoms with Crippen molar-refractivity contribution in [1.82, 2.24) is 9.97 Å². The van der Waals surface area contributed by atoms with Gasteiger partial charge in [-0.15, -0.1) is 0 Å². The summed E-state index contributed by atoms with van der Waals surface area (Å²) in [5, 5.41) is 7.24. The molecule has 48 heavy (non-hydrogen) atoms. The molecule has 1 aliphatic carbocycles. The Hall–Kier alpha value is -6.19. The van der Waals surface area contributed by atoms with E-state index in [1.807, 2.05) is 6.08 Å². The third-order valence-electron chi connectivity index (χ3n) is 9.05. The normalized spacial score (nSPS) is 14.8. The predicted molar refractivity (Wildman–Crippen MR) is 203 cm³/mol. The summed E-state index contributed by atoms with van der Waals surface area (Å²) < 4.78 is 0. The van der Waals surface area contributed by atoms with Gasteiger partial charge in [0.25, 0.3) is 0 Å². The number of aliphatic imine (C=N–C) groups is 1. The van der Waals surface area contributed by atoms with Gasteiger partial charge in [0.1, 0.15) is 0 Å². The Labute approximate surface area is 280 Å². The van der Waals surface area contributed by atoms with E-state index in [2.05, 4.69) is 157 Å². The van der Waals surface area contributed by atoms with Crippen LogP contribution in [0.2, 0.25) is 0 Å². The number of hydrogen-bond donors (Lipinski definition) is 0. The molecule has 0 radical (unpaired) electrons. The molecule has 0 saturated carbocycles. The second-order valence-corrected chi connectivity index (χ2v) is 12.1.